The van der Waals surface area contributed by atoms with E-state index in [2.05, 4.69) is 11.6 Å². The molecule has 17 heavy (non-hydrogen) atoms. The van der Waals surface area contributed by atoms with Gasteiger partial charge in [0, 0.05) is 12.3 Å². The molecule has 0 spiro atoms. The van der Waals surface area contributed by atoms with E-state index >= 15 is 0 Å². The molecule has 5 heteroatoms. The molecule has 0 N–H and O–H groups in total. The summed E-state index contributed by atoms with van der Waals surface area (Å²) < 4.78 is 10.4. The smallest absolute Gasteiger partial charge is 0.410 e. The first kappa shape index (κ1) is 11.4. The number of ether oxygens (including phenoxy) is 2. The van der Waals surface area contributed by atoms with Crippen molar-refractivity contribution in [3.8, 4) is 5.88 Å². The van der Waals surface area contributed by atoms with E-state index in [0.717, 1.165) is 0 Å². The van der Waals surface area contributed by atoms with Gasteiger partial charge in [0.15, 0.2) is 0 Å². The lowest BCUT2D eigenvalue weighted by atomic mass is 10.2. The van der Waals surface area contributed by atoms with Crippen molar-refractivity contribution >= 4 is 6.09 Å². The molecule has 1 aliphatic rings. The first-order chi connectivity index (χ1) is 8.29. The number of pyridine rings is 1. The van der Waals surface area contributed by atoms with Gasteiger partial charge in [-0.2, -0.15) is 0 Å². The maximum Gasteiger partial charge on any atom is 0.410 e. The number of aromatic nitrogens is 1. The Morgan fingerprint density at radius 3 is 3.06 bits per heavy atom. The van der Waals surface area contributed by atoms with Crippen molar-refractivity contribution in [2.75, 3.05) is 19.7 Å². The van der Waals surface area contributed by atoms with Crippen LogP contribution in [0, 0.1) is 0 Å². The van der Waals surface area contributed by atoms with Gasteiger partial charge in [-0.1, -0.05) is 18.7 Å². The van der Waals surface area contributed by atoms with Crippen LogP contribution in [0.3, 0.4) is 0 Å². The lowest BCUT2D eigenvalue weighted by molar-refractivity contribution is 0.0124. The third-order valence-electron chi connectivity index (χ3n) is 2.36. The Hall–Kier alpha value is -2.04. The summed E-state index contributed by atoms with van der Waals surface area (Å²) in [5.41, 5.74) is 0. The molecule has 1 saturated heterocycles. The fourth-order valence-electron chi connectivity index (χ4n) is 1.47. The van der Waals surface area contributed by atoms with Crippen LogP contribution in [-0.4, -0.2) is 41.8 Å². The number of amides is 1. The Morgan fingerprint density at radius 1 is 1.59 bits per heavy atom. The summed E-state index contributed by atoms with van der Waals surface area (Å²) in [5, 5.41) is 0. The Kier molecular flexibility index (Phi) is 3.59. The molecule has 0 bridgehead atoms. The van der Waals surface area contributed by atoms with Gasteiger partial charge in [0.05, 0.1) is 13.1 Å². The SMILES string of the molecule is C=CCOC(=O)N1CC(Oc2ccccn2)C1. The van der Waals surface area contributed by atoms with E-state index in [1.807, 2.05) is 12.1 Å². The van der Waals surface area contributed by atoms with Crippen LogP contribution < -0.4 is 4.74 Å². The van der Waals surface area contributed by atoms with Crippen molar-refractivity contribution in [3.63, 3.8) is 0 Å². The lowest BCUT2D eigenvalue weighted by Gasteiger charge is -2.37. The summed E-state index contributed by atoms with van der Waals surface area (Å²) in [4.78, 5) is 17.0. The highest BCUT2D eigenvalue weighted by molar-refractivity contribution is 5.68. The van der Waals surface area contributed by atoms with Gasteiger partial charge in [-0.15, -0.1) is 0 Å². The van der Waals surface area contributed by atoms with Gasteiger partial charge in [-0.05, 0) is 6.07 Å². The predicted octanol–water partition coefficient (Wildman–Crippen LogP) is 1.47. The van der Waals surface area contributed by atoms with Crippen molar-refractivity contribution in [1.82, 2.24) is 9.88 Å². The Labute approximate surface area is 99.7 Å². The second-order valence-electron chi connectivity index (χ2n) is 3.68. The number of rotatable bonds is 4. The van der Waals surface area contributed by atoms with E-state index in [9.17, 15) is 4.79 Å². The van der Waals surface area contributed by atoms with Crippen LogP contribution in [0.1, 0.15) is 0 Å². The second-order valence-corrected chi connectivity index (χ2v) is 3.68. The number of hydrogen-bond donors (Lipinski definition) is 0. The van der Waals surface area contributed by atoms with Gasteiger partial charge in [0.2, 0.25) is 5.88 Å². The Bertz CT molecular complexity index is 388. The van der Waals surface area contributed by atoms with Crippen LogP contribution in [0.5, 0.6) is 5.88 Å². The van der Waals surface area contributed by atoms with Crippen LogP contribution in [-0.2, 0) is 4.74 Å². The van der Waals surface area contributed by atoms with Crippen LogP contribution in [0.2, 0.25) is 0 Å². The molecule has 2 heterocycles. The minimum atomic E-state index is -0.328. The lowest BCUT2D eigenvalue weighted by Crippen LogP contribution is -2.56. The third kappa shape index (κ3) is 2.96. The fraction of sp³-hybridized carbons (Fsp3) is 0.333. The van der Waals surface area contributed by atoms with Gasteiger partial charge >= 0.3 is 6.09 Å². The average molecular weight is 234 g/mol. The van der Waals surface area contributed by atoms with Gasteiger partial charge in [-0.25, -0.2) is 9.78 Å². The zero-order valence-corrected chi connectivity index (χ0v) is 9.41. The third-order valence-corrected chi connectivity index (χ3v) is 2.36. The molecule has 0 atom stereocenters. The van der Waals surface area contributed by atoms with E-state index in [4.69, 9.17) is 9.47 Å². The Balaban J connectivity index is 1.72. The molecule has 2 rings (SSSR count). The van der Waals surface area contributed by atoms with Crippen LogP contribution in [0.15, 0.2) is 37.1 Å². The molecule has 1 aliphatic heterocycles. The van der Waals surface area contributed by atoms with E-state index in [-0.39, 0.29) is 18.8 Å². The van der Waals surface area contributed by atoms with Gasteiger partial charge in [-0.3, -0.25) is 0 Å². The molecule has 0 aliphatic carbocycles. The molecule has 5 nitrogen and oxygen atoms in total. The normalized spacial score (nSPS) is 14.9. The van der Waals surface area contributed by atoms with Crippen molar-refractivity contribution in [3.05, 3.63) is 37.1 Å². The molecule has 1 fully saturated rings. The quantitative estimate of drug-likeness (QED) is 0.740. The average Bonchev–Trinajstić information content (AvgIpc) is 2.31. The number of carbonyl (C=O) groups is 1. The summed E-state index contributed by atoms with van der Waals surface area (Å²) in [7, 11) is 0. The number of hydrogen-bond acceptors (Lipinski definition) is 4. The number of likely N-dealkylation sites (tertiary alicyclic amines) is 1. The summed E-state index contributed by atoms with van der Waals surface area (Å²) in [6.45, 7) is 4.78. The van der Waals surface area contributed by atoms with Crippen molar-refractivity contribution < 1.29 is 14.3 Å². The van der Waals surface area contributed by atoms with Gasteiger partial charge in [0.25, 0.3) is 0 Å². The zero-order chi connectivity index (χ0) is 12.1. The maximum absolute atomic E-state index is 11.4. The fourth-order valence-corrected chi connectivity index (χ4v) is 1.47. The monoisotopic (exact) mass is 234 g/mol. The van der Waals surface area contributed by atoms with Crippen LogP contribution in [0.25, 0.3) is 0 Å². The standard InChI is InChI=1S/C12H14N2O3/c1-2-7-16-12(15)14-8-10(9-14)17-11-5-3-4-6-13-11/h2-6,10H,1,7-9H2. The molecule has 1 amide bonds. The van der Waals surface area contributed by atoms with Crippen LogP contribution in [0.4, 0.5) is 4.79 Å². The highest BCUT2D eigenvalue weighted by Gasteiger charge is 2.33. The topological polar surface area (TPSA) is 51.7 Å². The van der Waals surface area contributed by atoms with E-state index in [0.29, 0.717) is 19.0 Å². The van der Waals surface area contributed by atoms with Crippen molar-refractivity contribution in [2.24, 2.45) is 0 Å². The molecule has 1 aromatic heterocycles. The Morgan fingerprint density at radius 2 is 2.41 bits per heavy atom. The molecule has 0 unspecified atom stereocenters. The first-order valence-electron chi connectivity index (χ1n) is 5.40. The number of nitrogens with zero attached hydrogens (tertiary/aromatic N) is 2. The zero-order valence-electron chi connectivity index (χ0n) is 9.41. The minimum Gasteiger partial charge on any atom is -0.471 e. The maximum atomic E-state index is 11.4. The van der Waals surface area contributed by atoms with Gasteiger partial charge < -0.3 is 14.4 Å². The highest BCUT2D eigenvalue weighted by Crippen LogP contribution is 2.16. The number of carbonyl (C=O) groups excluding carboxylic acids is 1. The van der Waals surface area contributed by atoms with Crippen molar-refractivity contribution in [2.45, 2.75) is 6.10 Å². The van der Waals surface area contributed by atoms with Crippen molar-refractivity contribution in [1.29, 1.82) is 0 Å². The molecule has 1 aromatic rings. The summed E-state index contributed by atoms with van der Waals surface area (Å²) in [5.74, 6) is 0.580. The molecule has 0 saturated carbocycles. The van der Waals surface area contributed by atoms with E-state index in [1.165, 1.54) is 0 Å². The molecule has 0 aromatic carbocycles. The van der Waals surface area contributed by atoms with E-state index in [1.54, 1.807) is 23.2 Å². The van der Waals surface area contributed by atoms with E-state index < -0.39 is 0 Å². The summed E-state index contributed by atoms with van der Waals surface area (Å²) in [6.07, 6.45) is 2.89. The van der Waals surface area contributed by atoms with Crippen LogP contribution >= 0.6 is 0 Å². The predicted molar refractivity (Wildman–Crippen MR) is 61.8 cm³/mol. The first-order valence-corrected chi connectivity index (χ1v) is 5.40. The molecule has 0 radical (unpaired) electrons. The highest BCUT2D eigenvalue weighted by atomic mass is 16.6. The minimum absolute atomic E-state index is 0.00109. The molecule has 90 valence electrons. The second kappa shape index (κ2) is 5.34. The largest absolute Gasteiger partial charge is 0.471 e. The van der Waals surface area contributed by atoms with Gasteiger partial charge in [0.1, 0.15) is 12.7 Å². The summed E-state index contributed by atoms with van der Waals surface area (Å²) in [6, 6.07) is 5.47. The summed E-state index contributed by atoms with van der Waals surface area (Å²) >= 11 is 0. The molecular weight excluding hydrogens is 220 g/mol. The molecular formula is C12H14N2O3.